The fourth-order valence-electron chi connectivity index (χ4n) is 1.73. The lowest BCUT2D eigenvalue weighted by molar-refractivity contribution is -0.119. The van der Waals surface area contributed by atoms with Gasteiger partial charge in [-0.25, -0.2) is 8.42 Å². The van der Waals surface area contributed by atoms with Crippen LogP contribution in [0.25, 0.3) is 0 Å². The number of rotatable bonds is 3. The average Bonchev–Trinajstić information content (AvgIpc) is 2.05. The minimum absolute atomic E-state index is 0.0769. The second-order valence-corrected chi connectivity index (χ2v) is 7.36. The Hall–Kier alpha value is -0.100. The van der Waals surface area contributed by atoms with Gasteiger partial charge in [0, 0.05) is 17.1 Å². The molecule has 0 spiro atoms. The molecule has 1 rings (SSSR count). The molecule has 0 aromatic heterocycles. The first-order chi connectivity index (χ1) is 6.88. The minimum atomic E-state index is -3.22. The van der Waals surface area contributed by atoms with Gasteiger partial charge in [0.25, 0.3) is 0 Å². The molecule has 0 bridgehead atoms. The SMILES string of the molecule is CS(=O)(=O)CC(=O)NC1CCCCC1Br. The normalized spacial score (nSPS) is 27.3. The number of sulfone groups is 1. The molecule has 0 radical (unpaired) electrons. The predicted octanol–water partition coefficient (Wildman–Crippen LogP) is 0.853. The molecule has 0 heterocycles. The Labute approximate surface area is 98.9 Å². The summed E-state index contributed by atoms with van der Waals surface area (Å²) in [5.74, 6) is -0.808. The van der Waals surface area contributed by atoms with Crippen LogP contribution in [-0.4, -0.2) is 37.2 Å². The molecule has 1 aliphatic carbocycles. The summed E-state index contributed by atoms with van der Waals surface area (Å²) < 4.78 is 21.8. The van der Waals surface area contributed by atoms with Crippen molar-refractivity contribution in [2.75, 3.05) is 12.0 Å². The fraction of sp³-hybridized carbons (Fsp3) is 0.889. The van der Waals surface area contributed by atoms with Crippen LogP contribution in [0.2, 0.25) is 0 Å². The number of halogens is 1. The van der Waals surface area contributed by atoms with Crippen LogP contribution in [0.3, 0.4) is 0 Å². The van der Waals surface area contributed by atoms with Crippen LogP contribution in [-0.2, 0) is 14.6 Å². The smallest absolute Gasteiger partial charge is 0.235 e. The lowest BCUT2D eigenvalue weighted by Crippen LogP contribution is -2.44. The second kappa shape index (κ2) is 5.30. The summed E-state index contributed by atoms with van der Waals surface area (Å²) in [6.45, 7) is 0. The Balaban J connectivity index is 2.43. The van der Waals surface area contributed by atoms with E-state index in [2.05, 4.69) is 21.2 Å². The summed E-state index contributed by atoms with van der Waals surface area (Å²) in [4.78, 5) is 11.6. The van der Waals surface area contributed by atoms with Crippen molar-refractivity contribution in [3.05, 3.63) is 0 Å². The summed E-state index contributed by atoms with van der Waals surface area (Å²) in [6, 6.07) is 0.0769. The van der Waals surface area contributed by atoms with E-state index in [0.29, 0.717) is 0 Å². The molecule has 1 fully saturated rings. The monoisotopic (exact) mass is 297 g/mol. The lowest BCUT2D eigenvalue weighted by atomic mass is 9.95. The molecule has 4 nitrogen and oxygen atoms in total. The van der Waals surface area contributed by atoms with Crippen molar-refractivity contribution in [1.82, 2.24) is 5.32 Å². The van der Waals surface area contributed by atoms with E-state index in [0.717, 1.165) is 31.9 Å². The van der Waals surface area contributed by atoms with Gasteiger partial charge in [0.2, 0.25) is 5.91 Å². The Morgan fingerprint density at radius 3 is 2.53 bits per heavy atom. The molecule has 0 saturated heterocycles. The molecule has 0 aromatic carbocycles. The molecule has 1 N–H and O–H groups in total. The largest absolute Gasteiger partial charge is 0.351 e. The van der Waals surface area contributed by atoms with Crippen molar-refractivity contribution in [3.8, 4) is 0 Å². The van der Waals surface area contributed by atoms with Crippen molar-refractivity contribution in [3.63, 3.8) is 0 Å². The molecule has 15 heavy (non-hydrogen) atoms. The molecular weight excluding hydrogens is 282 g/mol. The molecule has 0 aromatic rings. The topological polar surface area (TPSA) is 63.2 Å². The first-order valence-electron chi connectivity index (χ1n) is 4.99. The number of hydrogen-bond acceptors (Lipinski definition) is 3. The van der Waals surface area contributed by atoms with Crippen LogP contribution in [0.15, 0.2) is 0 Å². The highest BCUT2D eigenvalue weighted by Crippen LogP contribution is 2.24. The molecule has 1 amide bonds. The van der Waals surface area contributed by atoms with Crippen molar-refractivity contribution >= 4 is 31.7 Å². The summed E-state index contributed by atoms with van der Waals surface area (Å²) in [7, 11) is -3.22. The number of hydrogen-bond donors (Lipinski definition) is 1. The minimum Gasteiger partial charge on any atom is -0.351 e. The maximum atomic E-state index is 11.4. The summed E-state index contributed by atoms with van der Waals surface area (Å²) in [5, 5.41) is 2.76. The van der Waals surface area contributed by atoms with E-state index >= 15 is 0 Å². The zero-order valence-corrected chi connectivity index (χ0v) is 11.1. The van der Waals surface area contributed by atoms with E-state index in [-0.39, 0.29) is 10.9 Å². The van der Waals surface area contributed by atoms with E-state index < -0.39 is 21.5 Å². The third-order valence-corrected chi connectivity index (χ3v) is 4.30. The molecule has 0 aliphatic heterocycles. The van der Waals surface area contributed by atoms with Gasteiger partial charge >= 0.3 is 0 Å². The Bertz CT molecular complexity index is 328. The summed E-state index contributed by atoms with van der Waals surface area (Å²) >= 11 is 3.50. The Kier molecular flexibility index (Phi) is 4.58. The van der Waals surface area contributed by atoms with Gasteiger partial charge in [-0.1, -0.05) is 28.8 Å². The van der Waals surface area contributed by atoms with E-state index in [4.69, 9.17) is 0 Å². The maximum Gasteiger partial charge on any atom is 0.235 e. The van der Waals surface area contributed by atoms with Crippen LogP contribution in [0.4, 0.5) is 0 Å². The standard InChI is InChI=1S/C9H16BrNO3S/c1-15(13,14)6-9(12)11-8-5-3-2-4-7(8)10/h7-8H,2-6H2,1H3,(H,11,12). The van der Waals surface area contributed by atoms with Gasteiger partial charge in [0.15, 0.2) is 9.84 Å². The van der Waals surface area contributed by atoms with Gasteiger partial charge in [-0.15, -0.1) is 0 Å². The molecule has 2 unspecified atom stereocenters. The zero-order chi connectivity index (χ0) is 11.5. The lowest BCUT2D eigenvalue weighted by Gasteiger charge is -2.28. The van der Waals surface area contributed by atoms with Crippen molar-refractivity contribution in [2.24, 2.45) is 0 Å². The average molecular weight is 298 g/mol. The summed E-state index contributed by atoms with van der Waals surface area (Å²) in [6.07, 6.45) is 5.27. The van der Waals surface area contributed by atoms with Gasteiger partial charge in [-0.2, -0.15) is 0 Å². The van der Waals surface area contributed by atoms with Gasteiger partial charge < -0.3 is 5.32 Å². The number of nitrogens with one attached hydrogen (secondary N) is 1. The van der Waals surface area contributed by atoms with Crippen LogP contribution < -0.4 is 5.32 Å². The van der Waals surface area contributed by atoms with Crippen LogP contribution >= 0.6 is 15.9 Å². The molecular formula is C9H16BrNO3S. The van der Waals surface area contributed by atoms with Gasteiger partial charge in [-0.05, 0) is 12.8 Å². The Morgan fingerprint density at radius 2 is 2.00 bits per heavy atom. The quantitative estimate of drug-likeness (QED) is 0.786. The predicted molar refractivity (Wildman–Crippen MR) is 62.8 cm³/mol. The molecule has 1 saturated carbocycles. The van der Waals surface area contributed by atoms with Crippen molar-refractivity contribution in [2.45, 2.75) is 36.6 Å². The van der Waals surface area contributed by atoms with Gasteiger partial charge in [0.1, 0.15) is 5.75 Å². The number of carbonyl (C=O) groups excluding carboxylic acids is 1. The first-order valence-corrected chi connectivity index (χ1v) is 7.97. The fourth-order valence-corrected chi connectivity index (χ4v) is 3.01. The van der Waals surface area contributed by atoms with Crippen LogP contribution in [0.5, 0.6) is 0 Å². The second-order valence-electron chi connectivity index (χ2n) is 4.04. The molecule has 88 valence electrons. The van der Waals surface area contributed by atoms with E-state index in [1.54, 1.807) is 0 Å². The van der Waals surface area contributed by atoms with Crippen LogP contribution in [0, 0.1) is 0 Å². The van der Waals surface area contributed by atoms with Crippen molar-refractivity contribution in [1.29, 1.82) is 0 Å². The van der Waals surface area contributed by atoms with Crippen molar-refractivity contribution < 1.29 is 13.2 Å². The van der Waals surface area contributed by atoms with Gasteiger partial charge in [-0.3, -0.25) is 4.79 Å². The third kappa shape index (κ3) is 4.97. The van der Waals surface area contributed by atoms with Crippen LogP contribution in [0.1, 0.15) is 25.7 Å². The van der Waals surface area contributed by atoms with E-state index in [1.807, 2.05) is 0 Å². The molecule has 2 atom stereocenters. The first kappa shape index (κ1) is 13.0. The molecule has 6 heteroatoms. The zero-order valence-electron chi connectivity index (χ0n) is 8.70. The number of alkyl halides is 1. The maximum absolute atomic E-state index is 11.4. The molecule has 1 aliphatic rings. The number of amides is 1. The summed E-state index contributed by atoms with van der Waals surface area (Å²) in [5.41, 5.74) is 0. The highest BCUT2D eigenvalue weighted by molar-refractivity contribution is 9.09. The third-order valence-electron chi connectivity index (χ3n) is 2.42. The highest BCUT2D eigenvalue weighted by Gasteiger charge is 2.24. The number of carbonyl (C=O) groups is 1. The van der Waals surface area contributed by atoms with E-state index in [1.165, 1.54) is 0 Å². The van der Waals surface area contributed by atoms with E-state index in [9.17, 15) is 13.2 Å². The highest BCUT2D eigenvalue weighted by atomic mass is 79.9. The van der Waals surface area contributed by atoms with Gasteiger partial charge in [0.05, 0.1) is 0 Å². The Morgan fingerprint density at radius 1 is 1.40 bits per heavy atom.